The number of H-pyrrole nitrogens is 1. The van der Waals surface area contributed by atoms with Gasteiger partial charge in [0, 0.05) is 38.1 Å². The molecule has 1 aromatic heterocycles. The van der Waals surface area contributed by atoms with E-state index in [1.165, 1.54) is 0 Å². The van der Waals surface area contributed by atoms with E-state index in [1.807, 2.05) is 0 Å². The summed E-state index contributed by atoms with van der Waals surface area (Å²) in [6.45, 7) is 1.47. The Morgan fingerprint density at radius 3 is 2.88 bits per heavy atom. The fourth-order valence-corrected chi connectivity index (χ4v) is 3.29. The molecule has 2 N–H and O–H groups in total. The quantitative estimate of drug-likeness (QED) is 0.782. The van der Waals surface area contributed by atoms with E-state index in [0.29, 0.717) is 39.0 Å². The molecule has 17 heavy (non-hydrogen) atoms. The van der Waals surface area contributed by atoms with Crippen LogP contribution in [0.3, 0.4) is 0 Å². The number of aromatic nitrogens is 2. The predicted octanol–water partition coefficient (Wildman–Crippen LogP) is 0.0506. The van der Waals surface area contributed by atoms with Crippen molar-refractivity contribution in [2.45, 2.75) is 24.5 Å². The van der Waals surface area contributed by atoms with Crippen LogP contribution in [0, 0.1) is 0 Å². The van der Waals surface area contributed by atoms with Gasteiger partial charge < -0.3 is 9.72 Å². The number of hydrogen-bond acceptors (Lipinski definition) is 4. The molecule has 0 unspecified atom stereocenters. The molecule has 0 spiro atoms. The van der Waals surface area contributed by atoms with Crippen LogP contribution in [0.1, 0.15) is 18.5 Å². The van der Waals surface area contributed by atoms with Crippen LogP contribution in [0.4, 0.5) is 0 Å². The van der Waals surface area contributed by atoms with Crippen molar-refractivity contribution in [3.63, 3.8) is 0 Å². The van der Waals surface area contributed by atoms with Gasteiger partial charge in [-0.1, -0.05) is 0 Å². The largest absolute Gasteiger partial charge is 0.381 e. The van der Waals surface area contributed by atoms with Gasteiger partial charge in [-0.25, -0.2) is 18.1 Å². The fourth-order valence-electron chi connectivity index (χ4n) is 1.85. The van der Waals surface area contributed by atoms with E-state index in [-0.39, 0.29) is 5.25 Å². The van der Waals surface area contributed by atoms with Crippen molar-refractivity contribution in [2.24, 2.45) is 0 Å². The maximum absolute atomic E-state index is 11.9. The second-order valence-electron chi connectivity index (χ2n) is 4.08. The van der Waals surface area contributed by atoms with Crippen molar-refractivity contribution in [1.29, 1.82) is 0 Å². The van der Waals surface area contributed by atoms with Crippen molar-refractivity contribution >= 4 is 10.0 Å². The summed E-state index contributed by atoms with van der Waals surface area (Å²) in [6, 6.07) is 0. The first-order valence-corrected chi connectivity index (χ1v) is 7.26. The van der Waals surface area contributed by atoms with Crippen molar-refractivity contribution in [3.8, 4) is 0 Å². The van der Waals surface area contributed by atoms with Gasteiger partial charge in [0.1, 0.15) is 0 Å². The summed E-state index contributed by atoms with van der Waals surface area (Å²) in [7, 11) is -3.20. The summed E-state index contributed by atoms with van der Waals surface area (Å²) in [5.41, 5.74) is 0.930. The van der Waals surface area contributed by atoms with E-state index in [2.05, 4.69) is 14.7 Å². The van der Waals surface area contributed by atoms with Crippen molar-refractivity contribution in [2.75, 3.05) is 19.8 Å². The third-order valence-corrected chi connectivity index (χ3v) is 4.82. The molecule has 0 aliphatic carbocycles. The number of nitrogens with one attached hydrogen (secondary N) is 2. The molecule has 0 amide bonds. The predicted molar refractivity (Wildman–Crippen MR) is 63.1 cm³/mol. The maximum Gasteiger partial charge on any atom is 0.214 e. The first-order valence-electron chi connectivity index (χ1n) is 5.72. The van der Waals surface area contributed by atoms with Gasteiger partial charge in [0.2, 0.25) is 10.0 Å². The summed E-state index contributed by atoms with van der Waals surface area (Å²) >= 11 is 0. The Hall–Kier alpha value is -0.920. The molecule has 6 nitrogen and oxygen atoms in total. The lowest BCUT2D eigenvalue weighted by Gasteiger charge is -2.22. The number of rotatable bonds is 5. The van der Waals surface area contributed by atoms with E-state index < -0.39 is 10.0 Å². The molecule has 0 atom stereocenters. The average molecular weight is 259 g/mol. The van der Waals surface area contributed by atoms with E-state index in [0.717, 1.165) is 5.69 Å². The van der Waals surface area contributed by atoms with Gasteiger partial charge in [-0.05, 0) is 12.8 Å². The summed E-state index contributed by atoms with van der Waals surface area (Å²) in [5.74, 6) is 0. The molecule has 0 bridgehead atoms. The Balaban J connectivity index is 1.80. The molecular weight excluding hydrogens is 242 g/mol. The third-order valence-electron chi connectivity index (χ3n) is 2.86. The highest BCUT2D eigenvalue weighted by molar-refractivity contribution is 7.90. The zero-order valence-corrected chi connectivity index (χ0v) is 10.4. The maximum atomic E-state index is 11.9. The summed E-state index contributed by atoms with van der Waals surface area (Å²) in [6.07, 6.45) is 5.08. The molecule has 1 aromatic rings. The van der Waals surface area contributed by atoms with Crippen LogP contribution >= 0.6 is 0 Å². The minimum absolute atomic E-state index is 0.307. The van der Waals surface area contributed by atoms with Gasteiger partial charge >= 0.3 is 0 Å². The van der Waals surface area contributed by atoms with Gasteiger partial charge in [-0.15, -0.1) is 0 Å². The van der Waals surface area contributed by atoms with E-state index in [4.69, 9.17) is 4.74 Å². The van der Waals surface area contributed by atoms with E-state index in [9.17, 15) is 8.42 Å². The Labute approximate surface area is 101 Å². The van der Waals surface area contributed by atoms with Gasteiger partial charge in [0.25, 0.3) is 0 Å². The van der Waals surface area contributed by atoms with Crippen LogP contribution < -0.4 is 4.72 Å². The van der Waals surface area contributed by atoms with Crippen LogP contribution in [-0.2, 0) is 21.2 Å². The molecule has 96 valence electrons. The number of hydrogen-bond donors (Lipinski definition) is 2. The second-order valence-corrected chi connectivity index (χ2v) is 6.12. The van der Waals surface area contributed by atoms with Gasteiger partial charge in [-0.2, -0.15) is 0 Å². The zero-order chi connectivity index (χ0) is 12.1. The Morgan fingerprint density at radius 2 is 2.24 bits per heavy atom. The highest BCUT2D eigenvalue weighted by atomic mass is 32.2. The van der Waals surface area contributed by atoms with Crippen LogP contribution in [0.2, 0.25) is 0 Å². The van der Waals surface area contributed by atoms with Crippen LogP contribution in [0.15, 0.2) is 12.5 Å². The molecule has 1 fully saturated rings. The SMILES string of the molecule is O=S(=O)(NCCc1cnc[nH]1)C1CCOCC1. The van der Waals surface area contributed by atoms with E-state index in [1.54, 1.807) is 12.5 Å². The van der Waals surface area contributed by atoms with Crippen molar-refractivity contribution in [3.05, 3.63) is 18.2 Å². The van der Waals surface area contributed by atoms with Crippen molar-refractivity contribution < 1.29 is 13.2 Å². The first kappa shape index (κ1) is 12.5. The number of ether oxygens (including phenoxy) is 1. The van der Waals surface area contributed by atoms with Crippen LogP contribution in [-0.4, -0.2) is 43.4 Å². The summed E-state index contributed by atoms with van der Waals surface area (Å²) < 4.78 is 31.6. The highest BCUT2D eigenvalue weighted by Gasteiger charge is 2.26. The average Bonchev–Trinajstić information content (AvgIpc) is 2.83. The monoisotopic (exact) mass is 259 g/mol. The lowest BCUT2D eigenvalue weighted by atomic mass is 10.2. The van der Waals surface area contributed by atoms with E-state index >= 15 is 0 Å². The summed E-state index contributed by atoms with van der Waals surface area (Å²) in [4.78, 5) is 6.81. The molecule has 7 heteroatoms. The normalized spacial score (nSPS) is 18.4. The molecule has 0 saturated carbocycles. The molecule has 1 aliphatic heterocycles. The smallest absolute Gasteiger partial charge is 0.214 e. The second kappa shape index (κ2) is 5.61. The Morgan fingerprint density at radius 1 is 1.47 bits per heavy atom. The Bertz CT molecular complexity index is 424. The third kappa shape index (κ3) is 3.52. The molecular formula is C10H17N3O3S. The summed E-state index contributed by atoms with van der Waals surface area (Å²) in [5, 5.41) is -0.307. The molecule has 1 saturated heterocycles. The number of nitrogens with zero attached hydrogens (tertiary/aromatic N) is 1. The molecule has 2 rings (SSSR count). The molecule has 2 heterocycles. The van der Waals surface area contributed by atoms with Crippen molar-refractivity contribution in [1.82, 2.24) is 14.7 Å². The van der Waals surface area contributed by atoms with Gasteiger partial charge in [0.15, 0.2) is 0 Å². The number of aromatic amines is 1. The van der Waals surface area contributed by atoms with Crippen LogP contribution in [0.5, 0.6) is 0 Å². The minimum atomic E-state index is -3.20. The number of imidazole rings is 1. The fraction of sp³-hybridized carbons (Fsp3) is 0.700. The molecule has 0 radical (unpaired) electrons. The van der Waals surface area contributed by atoms with Crippen LogP contribution in [0.25, 0.3) is 0 Å². The zero-order valence-electron chi connectivity index (χ0n) is 9.55. The van der Waals surface area contributed by atoms with Gasteiger partial charge in [-0.3, -0.25) is 0 Å². The topological polar surface area (TPSA) is 84.1 Å². The number of sulfonamides is 1. The highest BCUT2D eigenvalue weighted by Crippen LogP contribution is 2.14. The lowest BCUT2D eigenvalue weighted by molar-refractivity contribution is 0.0981. The Kier molecular flexibility index (Phi) is 4.14. The lowest BCUT2D eigenvalue weighted by Crippen LogP contribution is -2.38. The minimum Gasteiger partial charge on any atom is -0.381 e. The molecule has 1 aliphatic rings. The molecule has 0 aromatic carbocycles. The first-order chi connectivity index (χ1) is 8.18. The standard InChI is InChI=1S/C10H17N3O3S/c14-17(15,10-2-5-16-6-3-10)13-4-1-9-7-11-8-12-9/h7-8,10,13H,1-6H2,(H,11,12). The van der Waals surface area contributed by atoms with Gasteiger partial charge in [0.05, 0.1) is 11.6 Å².